The zero-order valence-corrected chi connectivity index (χ0v) is 38.1. The van der Waals surface area contributed by atoms with Gasteiger partial charge in [-0.2, -0.15) is 20.6 Å². The smallest absolute Gasteiger partial charge is 0.338 e. The fourth-order valence-corrected chi connectivity index (χ4v) is 8.15. The number of hydrogen-bond donors (Lipinski definition) is 5. The summed E-state index contributed by atoms with van der Waals surface area (Å²) < 4.78 is 7.40. The van der Waals surface area contributed by atoms with Crippen LogP contribution in [-0.2, 0) is 26.2 Å². The first-order valence-electron chi connectivity index (χ1n) is 21.9. The summed E-state index contributed by atoms with van der Waals surface area (Å²) in [5.74, 6) is 1.16. The maximum Gasteiger partial charge on any atom is 0.338 e. The summed E-state index contributed by atoms with van der Waals surface area (Å²) in [6.07, 6.45) is 19.5. The number of aromatic carboxylic acids is 1. The quantitative estimate of drug-likeness (QED) is 0.0842. The van der Waals surface area contributed by atoms with Gasteiger partial charge in [0.1, 0.15) is 11.3 Å². The molecule has 0 saturated heterocycles. The third-order valence-corrected chi connectivity index (χ3v) is 12.0. The maximum absolute atomic E-state index is 12.7. The van der Waals surface area contributed by atoms with Crippen LogP contribution in [0.2, 0.25) is 10.0 Å². The molecule has 0 unspecified atom stereocenters. The molecule has 0 spiro atoms. The molecule has 1 amide bonds. The summed E-state index contributed by atoms with van der Waals surface area (Å²) in [5.41, 5.74) is 15.8. The van der Waals surface area contributed by atoms with Crippen molar-refractivity contribution in [3.63, 3.8) is 0 Å². The highest BCUT2D eigenvalue weighted by atomic mass is 35.5. The van der Waals surface area contributed by atoms with Gasteiger partial charge >= 0.3 is 5.97 Å². The molecule has 69 heavy (non-hydrogen) atoms. The fourth-order valence-electron chi connectivity index (χ4n) is 7.76. The predicted octanol–water partition coefficient (Wildman–Crippen LogP) is 6.35. The van der Waals surface area contributed by atoms with Crippen LogP contribution in [-0.4, -0.2) is 96.6 Å². The molecule has 10 aromatic rings. The summed E-state index contributed by atoms with van der Waals surface area (Å²) >= 11 is 12.0. The van der Waals surface area contributed by atoms with Crippen LogP contribution in [0, 0.1) is 0 Å². The number of H-pyrrole nitrogens is 2. The summed E-state index contributed by atoms with van der Waals surface area (Å²) in [6, 6.07) is 19.1. The molecule has 2 aliphatic rings. The Labute approximate surface area is 401 Å². The Morgan fingerprint density at radius 1 is 0.667 bits per heavy atom. The number of carbonyl (C=O) groups excluding carboxylic acids is 1. The van der Waals surface area contributed by atoms with Gasteiger partial charge in [0.25, 0.3) is 5.91 Å². The van der Waals surface area contributed by atoms with E-state index in [9.17, 15) is 9.59 Å². The predicted molar refractivity (Wildman–Crippen MR) is 252 cm³/mol. The molecule has 2 fully saturated rings. The topological polar surface area (TPSA) is 272 Å². The number of rotatable bonds is 13. The normalized spacial score (nSPS) is 13.2. The molecule has 0 aliphatic heterocycles. The Morgan fingerprint density at radius 3 is 1.65 bits per heavy atom. The molecule has 0 bridgehead atoms. The van der Waals surface area contributed by atoms with E-state index in [1.165, 1.54) is 49.2 Å². The molecule has 2 aliphatic carbocycles. The SMILES string of the molecule is NCc1cc(Cl)ccc1-c1nn[nH]n1.O=C(NCc1cc(Cl)ccc1-c1nn[nH]n1)c1cnn(Cc2cn3cc(C4CC4)ccc3n2)c1.O=C(O)c1cnn(Cc2cn3cc(C4CC4)ccc3n2)c1. The van der Waals surface area contributed by atoms with Gasteiger partial charge in [-0.1, -0.05) is 35.3 Å². The lowest BCUT2D eigenvalue weighted by molar-refractivity contribution is 0.0696. The number of aromatic amines is 2. The van der Waals surface area contributed by atoms with Crippen LogP contribution < -0.4 is 11.1 Å². The van der Waals surface area contributed by atoms with Crippen molar-refractivity contribution >= 4 is 46.4 Å². The average Bonchev–Trinajstić information content (AvgIpc) is 3.82. The highest BCUT2D eigenvalue weighted by molar-refractivity contribution is 6.31. The number of aromatic nitrogens is 16. The maximum atomic E-state index is 12.7. The zero-order chi connectivity index (χ0) is 47.4. The lowest BCUT2D eigenvalue weighted by Gasteiger charge is -2.08. The van der Waals surface area contributed by atoms with E-state index in [1.807, 2.05) is 28.9 Å². The van der Waals surface area contributed by atoms with Crippen LogP contribution in [0.5, 0.6) is 0 Å². The van der Waals surface area contributed by atoms with Crippen LogP contribution in [0.25, 0.3) is 34.1 Å². The van der Waals surface area contributed by atoms with E-state index in [4.69, 9.17) is 34.0 Å². The number of nitrogens with two attached hydrogens (primary N) is 1. The molecule has 0 atom stereocenters. The minimum absolute atomic E-state index is 0.190. The highest BCUT2D eigenvalue weighted by Crippen LogP contribution is 2.40. The van der Waals surface area contributed by atoms with Crippen molar-refractivity contribution < 1.29 is 14.7 Å². The van der Waals surface area contributed by atoms with Crippen molar-refractivity contribution in [1.29, 1.82) is 0 Å². The monoisotopic (exact) mass is 964 g/mol. The first-order chi connectivity index (χ1) is 33.6. The zero-order valence-electron chi connectivity index (χ0n) is 36.6. The second kappa shape index (κ2) is 19.6. The van der Waals surface area contributed by atoms with Gasteiger partial charge in [-0.3, -0.25) is 14.2 Å². The summed E-state index contributed by atoms with van der Waals surface area (Å²) in [7, 11) is 0. The highest BCUT2D eigenvalue weighted by Gasteiger charge is 2.25. The Balaban J connectivity index is 0.000000134. The van der Waals surface area contributed by atoms with Gasteiger partial charge in [0.15, 0.2) is 0 Å². The largest absolute Gasteiger partial charge is 0.478 e. The molecular weight excluding hydrogens is 924 g/mol. The van der Waals surface area contributed by atoms with Crippen LogP contribution in [0.1, 0.15) is 91.9 Å². The molecule has 8 heterocycles. The third kappa shape index (κ3) is 10.7. The lowest BCUT2D eigenvalue weighted by atomic mass is 10.1. The number of fused-ring (bicyclic) bond motifs is 2. The average molecular weight is 966 g/mol. The number of nitrogens with zero attached hydrogens (tertiary/aromatic N) is 14. The first-order valence-corrected chi connectivity index (χ1v) is 22.6. The number of tetrazole rings is 2. The molecule has 0 radical (unpaired) electrons. The molecule has 21 nitrogen and oxygen atoms in total. The fraction of sp³-hybridized carbons (Fsp3) is 0.217. The van der Waals surface area contributed by atoms with Crippen molar-refractivity contribution in [1.82, 2.24) is 84.9 Å². The second-order valence-electron chi connectivity index (χ2n) is 16.6. The molecule has 2 aromatic carbocycles. The van der Waals surface area contributed by atoms with E-state index in [-0.39, 0.29) is 18.0 Å². The third-order valence-electron chi connectivity index (χ3n) is 11.5. The van der Waals surface area contributed by atoms with E-state index in [1.54, 1.807) is 52.1 Å². The number of carboxylic acids is 1. The van der Waals surface area contributed by atoms with Crippen LogP contribution >= 0.6 is 23.2 Å². The standard InChI is InChI=1S/C23H20ClN9O.C15H14N4O2.C8H8ClN5/c24-18-4-5-20(22-28-30-31-29-22)16(7-18)8-25-23(34)17-9-26-33(11-17)13-19-12-32-10-15(14-1-2-14)3-6-21(32)27-19;20-15(21)12-5-16-19(7-12)9-13-8-18-6-11(10-1-2-10)3-4-14(18)17-13;9-6-1-2-7(5(3-6)4-10)8-11-13-14-12-8/h3-7,9-12,14H,1-2,8,13H2,(H,25,34)(H,28,29,30,31);3-8,10H,1-2,9H2,(H,20,21);1-3H,4,10H2,(H,11,12,13,14). The van der Waals surface area contributed by atoms with Crippen molar-refractivity contribution in [2.75, 3.05) is 0 Å². The van der Waals surface area contributed by atoms with Gasteiger partial charge in [-0.25, -0.2) is 14.8 Å². The molecular formula is C46H42Cl2N18O3. The van der Waals surface area contributed by atoms with E-state index in [0.717, 1.165) is 44.9 Å². The van der Waals surface area contributed by atoms with E-state index < -0.39 is 5.97 Å². The van der Waals surface area contributed by atoms with Crippen LogP contribution in [0.4, 0.5) is 0 Å². The first kappa shape index (κ1) is 44.7. The number of amides is 1. The molecule has 2 saturated carbocycles. The van der Waals surface area contributed by atoms with Crippen LogP contribution in [0.15, 0.2) is 110 Å². The summed E-state index contributed by atoms with van der Waals surface area (Å²) in [5, 5.41) is 49.1. The van der Waals surface area contributed by atoms with Gasteiger partial charge in [0, 0.05) is 71.4 Å². The number of pyridine rings is 2. The number of imidazole rings is 2. The molecule has 8 aromatic heterocycles. The Kier molecular flexibility index (Phi) is 12.7. The van der Waals surface area contributed by atoms with Gasteiger partial charge in [0.2, 0.25) is 11.6 Å². The van der Waals surface area contributed by atoms with Crippen molar-refractivity contribution in [3.05, 3.63) is 165 Å². The van der Waals surface area contributed by atoms with Crippen molar-refractivity contribution in [2.24, 2.45) is 5.73 Å². The number of benzene rings is 2. The molecule has 23 heteroatoms. The van der Waals surface area contributed by atoms with E-state index >= 15 is 0 Å². The number of hydrogen-bond acceptors (Lipinski definition) is 13. The van der Waals surface area contributed by atoms with Gasteiger partial charge in [-0.15, -0.1) is 20.4 Å². The Bertz CT molecular complexity index is 3410. The van der Waals surface area contributed by atoms with Gasteiger partial charge in [-0.05, 0) is 119 Å². The van der Waals surface area contributed by atoms with Gasteiger partial charge < -0.3 is 25.0 Å². The number of carbonyl (C=O) groups is 2. The van der Waals surface area contributed by atoms with E-state index in [0.29, 0.717) is 58.7 Å². The second-order valence-corrected chi connectivity index (χ2v) is 17.5. The number of halogens is 2. The lowest BCUT2D eigenvalue weighted by Crippen LogP contribution is -2.22. The Morgan fingerprint density at radius 2 is 1.17 bits per heavy atom. The van der Waals surface area contributed by atoms with Crippen LogP contribution in [0.3, 0.4) is 0 Å². The summed E-state index contributed by atoms with van der Waals surface area (Å²) in [6.45, 7) is 1.59. The number of nitrogens with one attached hydrogen (secondary N) is 3. The van der Waals surface area contributed by atoms with Crippen molar-refractivity contribution in [3.8, 4) is 22.8 Å². The van der Waals surface area contributed by atoms with Gasteiger partial charge in [0.05, 0.1) is 48.0 Å². The molecule has 12 rings (SSSR count). The minimum Gasteiger partial charge on any atom is -0.478 e. The molecule has 348 valence electrons. The minimum atomic E-state index is -0.967. The van der Waals surface area contributed by atoms with Crippen molar-refractivity contribution in [2.45, 2.75) is 63.7 Å². The number of carboxylic acid groups (broad SMARTS) is 1. The van der Waals surface area contributed by atoms with E-state index in [2.05, 4.69) is 102 Å². The Hall–Kier alpha value is -8.14. The molecule has 6 N–H and O–H groups in total. The summed E-state index contributed by atoms with van der Waals surface area (Å²) in [4.78, 5) is 32.8.